The van der Waals surface area contributed by atoms with Crippen molar-refractivity contribution in [3.63, 3.8) is 0 Å². The maximum atomic E-state index is 9.61. The van der Waals surface area contributed by atoms with Crippen LogP contribution >= 0.6 is 0 Å². The molecule has 2 aliphatic rings. The Bertz CT molecular complexity index is 319. The number of rotatable bonds is 3. The Hall–Kier alpha value is -0.760. The third-order valence-electron chi connectivity index (χ3n) is 3.70. The van der Waals surface area contributed by atoms with Gasteiger partial charge >= 0.3 is 0 Å². The summed E-state index contributed by atoms with van der Waals surface area (Å²) in [5.74, 6) is 2.60. The van der Waals surface area contributed by atoms with Crippen LogP contribution in [0.15, 0.2) is 0 Å². The smallest absolute Gasteiger partial charge is 0.125 e. The summed E-state index contributed by atoms with van der Waals surface area (Å²) in [6.45, 7) is 2.09. The predicted octanol–water partition coefficient (Wildman–Crippen LogP) is 1.19. The quantitative estimate of drug-likeness (QED) is 0.727. The minimum atomic E-state index is -0.605. The molecule has 2 saturated heterocycles. The first kappa shape index (κ1) is 12.7. The molecule has 0 aromatic carbocycles. The number of ether oxygens (including phenoxy) is 2. The fourth-order valence-electron chi connectivity index (χ4n) is 2.88. The lowest BCUT2D eigenvalue weighted by atomic mass is 9.86. The van der Waals surface area contributed by atoms with Crippen molar-refractivity contribution in [2.24, 2.45) is 0 Å². The van der Waals surface area contributed by atoms with Crippen molar-refractivity contribution in [1.82, 2.24) is 0 Å². The van der Waals surface area contributed by atoms with Gasteiger partial charge in [-0.1, -0.05) is 13.3 Å². The molecular formula is C13H20O4. The Balaban J connectivity index is 2.08. The van der Waals surface area contributed by atoms with Crippen molar-refractivity contribution >= 4 is 0 Å². The van der Waals surface area contributed by atoms with Crippen LogP contribution in [0.2, 0.25) is 0 Å². The highest BCUT2D eigenvalue weighted by Gasteiger charge is 2.52. The van der Waals surface area contributed by atoms with E-state index in [1.807, 2.05) is 6.11 Å². The number of fused-ring (bicyclic) bond motifs is 1. The van der Waals surface area contributed by atoms with Gasteiger partial charge in [-0.3, -0.25) is 0 Å². The van der Waals surface area contributed by atoms with Crippen LogP contribution in [-0.4, -0.2) is 40.7 Å². The van der Waals surface area contributed by atoms with Gasteiger partial charge in [-0.05, 0) is 25.2 Å². The van der Waals surface area contributed by atoms with E-state index < -0.39 is 5.60 Å². The first-order valence-electron chi connectivity index (χ1n) is 6.33. The lowest BCUT2D eigenvalue weighted by Gasteiger charge is -2.40. The third-order valence-corrected chi connectivity index (χ3v) is 3.70. The Kier molecular flexibility index (Phi) is 3.93. The van der Waals surface area contributed by atoms with Crippen LogP contribution in [0.4, 0.5) is 0 Å². The van der Waals surface area contributed by atoms with Gasteiger partial charge in [0.1, 0.15) is 17.8 Å². The maximum absolute atomic E-state index is 9.61. The van der Waals surface area contributed by atoms with E-state index >= 15 is 0 Å². The number of aliphatic hydroxyl groups is 2. The molecule has 0 bridgehead atoms. The van der Waals surface area contributed by atoms with Crippen LogP contribution in [0.5, 0.6) is 0 Å². The molecular weight excluding hydrogens is 220 g/mol. The number of aliphatic hydroxyl groups excluding tert-OH is 2. The molecule has 0 aromatic rings. The monoisotopic (exact) mass is 240 g/mol. The van der Waals surface area contributed by atoms with Crippen LogP contribution < -0.4 is 0 Å². The van der Waals surface area contributed by atoms with Gasteiger partial charge in [-0.15, -0.1) is 0 Å². The van der Waals surface area contributed by atoms with Crippen molar-refractivity contribution in [3.8, 4) is 12.0 Å². The molecule has 4 heteroatoms. The fourth-order valence-corrected chi connectivity index (χ4v) is 2.88. The van der Waals surface area contributed by atoms with Crippen LogP contribution in [0, 0.1) is 12.0 Å². The summed E-state index contributed by atoms with van der Waals surface area (Å²) in [6, 6.07) is 0. The van der Waals surface area contributed by atoms with Gasteiger partial charge in [0.05, 0.1) is 18.8 Å². The van der Waals surface area contributed by atoms with Gasteiger partial charge in [0.15, 0.2) is 0 Å². The molecule has 0 unspecified atom stereocenters. The molecule has 0 spiro atoms. The van der Waals surface area contributed by atoms with E-state index in [4.69, 9.17) is 14.6 Å². The van der Waals surface area contributed by atoms with Crippen LogP contribution in [0.1, 0.15) is 39.0 Å². The van der Waals surface area contributed by atoms with Gasteiger partial charge in [0, 0.05) is 6.42 Å². The molecule has 0 radical (unpaired) electrons. The first-order chi connectivity index (χ1) is 8.24. The Morgan fingerprint density at radius 2 is 2.24 bits per heavy atom. The second kappa shape index (κ2) is 5.26. The van der Waals surface area contributed by atoms with E-state index in [0.717, 1.165) is 25.7 Å². The van der Waals surface area contributed by atoms with Gasteiger partial charge in [-0.25, -0.2) is 0 Å². The maximum Gasteiger partial charge on any atom is 0.125 e. The molecule has 0 aromatic heterocycles. The third kappa shape index (κ3) is 2.42. The minimum absolute atomic E-state index is 0.0402. The molecule has 2 N–H and O–H groups in total. The second-order valence-electron chi connectivity index (χ2n) is 4.90. The Labute approximate surface area is 102 Å². The molecule has 2 aliphatic heterocycles. The Morgan fingerprint density at radius 3 is 2.88 bits per heavy atom. The average Bonchev–Trinajstić information content (AvgIpc) is 2.68. The van der Waals surface area contributed by atoms with Crippen LogP contribution in [0.3, 0.4) is 0 Å². The van der Waals surface area contributed by atoms with E-state index in [1.165, 1.54) is 0 Å². The standard InChI is InChI=1S/C13H20O4/c1-2-3-10-4-5-12-13(9-15,17-10)8-11(16-12)6-7-14/h10-12,14-15H,2-5,8-9H2,1H3/t10-,11-,12-,13+/m0/s1. The highest BCUT2D eigenvalue weighted by molar-refractivity contribution is 5.10. The van der Waals surface area contributed by atoms with Gasteiger partial charge in [0.2, 0.25) is 0 Å². The summed E-state index contributed by atoms with van der Waals surface area (Å²) in [5.41, 5.74) is -0.605. The van der Waals surface area contributed by atoms with Crippen molar-refractivity contribution in [2.75, 3.05) is 6.61 Å². The lowest BCUT2D eigenvalue weighted by molar-refractivity contribution is -0.183. The summed E-state index contributed by atoms with van der Waals surface area (Å²) in [4.78, 5) is 0. The zero-order valence-corrected chi connectivity index (χ0v) is 10.2. The predicted molar refractivity (Wildman–Crippen MR) is 61.8 cm³/mol. The molecule has 2 heterocycles. The summed E-state index contributed by atoms with van der Waals surface area (Å²) >= 11 is 0. The number of hydrogen-bond donors (Lipinski definition) is 2. The van der Waals surface area contributed by atoms with Crippen molar-refractivity contribution in [3.05, 3.63) is 0 Å². The van der Waals surface area contributed by atoms with E-state index in [9.17, 15) is 5.11 Å². The van der Waals surface area contributed by atoms with E-state index in [2.05, 4.69) is 12.8 Å². The van der Waals surface area contributed by atoms with Crippen LogP contribution in [-0.2, 0) is 9.47 Å². The molecule has 4 nitrogen and oxygen atoms in total. The highest BCUT2D eigenvalue weighted by atomic mass is 16.6. The Morgan fingerprint density at radius 1 is 1.41 bits per heavy atom. The summed E-state index contributed by atoms with van der Waals surface area (Å²) in [5, 5.41) is 18.2. The highest BCUT2D eigenvalue weighted by Crippen LogP contribution is 2.41. The van der Waals surface area contributed by atoms with Crippen molar-refractivity contribution in [1.29, 1.82) is 0 Å². The van der Waals surface area contributed by atoms with Gasteiger partial charge < -0.3 is 19.7 Å². The molecule has 2 fully saturated rings. The molecule has 17 heavy (non-hydrogen) atoms. The summed E-state index contributed by atoms with van der Waals surface area (Å²) < 4.78 is 11.7. The molecule has 4 atom stereocenters. The molecule has 2 rings (SSSR count). The first-order valence-corrected chi connectivity index (χ1v) is 6.33. The van der Waals surface area contributed by atoms with Crippen molar-refractivity contribution < 1.29 is 19.7 Å². The zero-order valence-electron chi connectivity index (χ0n) is 10.2. The largest absolute Gasteiger partial charge is 0.462 e. The molecule has 0 aliphatic carbocycles. The molecule has 0 saturated carbocycles. The SMILES string of the molecule is CCC[C@H]1CC[C@@H]2O[C@@H](C#CO)C[C@]2(CO)O1. The minimum Gasteiger partial charge on any atom is -0.462 e. The molecule has 0 amide bonds. The van der Waals surface area contributed by atoms with Crippen LogP contribution in [0.25, 0.3) is 0 Å². The molecule has 96 valence electrons. The second-order valence-corrected chi connectivity index (χ2v) is 4.90. The number of hydrogen-bond acceptors (Lipinski definition) is 4. The van der Waals surface area contributed by atoms with Gasteiger partial charge in [0.25, 0.3) is 0 Å². The van der Waals surface area contributed by atoms with E-state index in [0.29, 0.717) is 6.42 Å². The van der Waals surface area contributed by atoms with E-state index in [-0.39, 0.29) is 24.9 Å². The lowest BCUT2D eigenvalue weighted by Crippen LogP contribution is -2.51. The topological polar surface area (TPSA) is 58.9 Å². The summed E-state index contributed by atoms with van der Waals surface area (Å²) in [7, 11) is 0. The van der Waals surface area contributed by atoms with E-state index in [1.54, 1.807) is 0 Å². The summed E-state index contributed by atoms with van der Waals surface area (Å²) in [6.07, 6.45) is 6.20. The fraction of sp³-hybridized carbons (Fsp3) is 0.846. The average molecular weight is 240 g/mol. The zero-order chi connectivity index (χ0) is 12.3. The normalized spacial score (nSPS) is 40.5. The van der Waals surface area contributed by atoms with Gasteiger partial charge in [-0.2, -0.15) is 0 Å². The van der Waals surface area contributed by atoms with Crippen molar-refractivity contribution in [2.45, 2.75) is 62.9 Å².